The predicted octanol–water partition coefficient (Wildman–Crippen LogP) is 1.81. The highest BCUT2D eigenvalue weighted by molar-refractivity contribution is 5.46. The summed E-state index contributed by atoms with van der Waals surface area (Å²) in [5.74, 6) is 0.650. The minimum absolute atomic E-state index is 0.152. The highest BCUT2D eigenvalue weighted by Crippen LogP contribution is 2.32. The summed E-state index contributed by atoms with van der Waals surface area (Å²) >= 11 is 0. The van der Waals surface area contributed by atoms with Gasteiger partial charge in [-0.1, -0.05) is 12.1 Å². The van der Waals surface area contributed by atoms with Gasteiger partial charge in [-0.05, 0) is 19.9 Å². The van der Waals surface area contributed by atoms with Gasteiger partial charge in [-0.25, -0.2) is 0 Å². The van der Waals surface area contributed by atoms with Gasteiger partial charge in [0.05, 0.1) is 6.61 Å². The lowest BCUT2D eigenvalue weighted by atomic mass is 10.1. The molecule has 1 rings (SSSR count). The van der Waals surface area contributed by atoms with Crippen molar-refractivity contribution in [3.05, 3.63) is 23.8 Å². The fourth-order valence-corrected chi connectivity index (χ4v) is 1.18. The van der Waals surface area contributed by atoms with Crippen LogP contribution in [-0.2, 0) is 0 Å². The Bertz CT molecular complexity index is 284. The van der Waals surface area contributed by atoms with E-state index >= 15 is 0 Å². The normalized spacial score (nSPS) is 12.5. The first-order valence-electron chi connectivity index (χ1n) is 4.37. The van der Waals surface area contributed by atoms with E-state index in [0.29, 0.717) is 17.9 Å². The van der Waals surface area contributed by atoms with Crippen LogP contribution in [0.2, 0.25) is 0 Å². The Hall–Kier alpha value is -1.22. The minimum Gasteiger partial charge on any atom is -0.504 e. The van der Waals surface area contributed by atoms with Crippen molar-refractivity contribution in [1.82, 2.24) is 0 Å². The van der Waals surface area contributed by atoms with Gasteiger partial charge in [-0.15, -0.1) is 0 Å². The van der Waals surface area contributed by atoms with E-state index in [1.165, 1.54) is 0 Å². The standard InChI is InChI=1S/C10H15NO2/c1-3-13-9-6-4-5-8(7(2)11)10(9)12/h4-7,12H,3,11H2,1-2H3/t7-/m1/s1. The van der Waals surface area contributed by atoms with E-state index < -0.39 is 0 Å². The van der Waals surface area contributed by atoms with Crippen LogP contribution < -0.4 is 10.5 Å². The van der Waals surface area contributed by atoms with E-state index in [1.54, 1.807) is 12.1 Å². The first-order valence-corrected chi connectivity index (χ1v) is 4.37. The maximum absolute atomic E-state index is 9.69. The Labute approximate surface area is 78.1 Å². The zero-order chi connectivity index (χ0) is 9.84. The highest BCUT2D eigenvalue weighted by Gasteiger charge is 2.10. The molecule has 13 heavy (non-hydrogen) atoms. The second kappa shape index (κ2) is 4.14. The molecule has 0 amide bonds. The van der Waals surface area contributed by atoms with Gasteiger partial charge in [0.15, 0.2) is 11.5 Å². The third-order valence-electron chi connectivity index (χ3n) is 1.82. The summed E-state index contributed by atoms with van der Waals surface area (Å²) in [7, 11) is 0. The van der Waals surface area contributed by atoms with Crippen molar-refractivity contribution in [3.63, 3.8) is 0 Å². The van der Waals surface area contributed by atoms with E-state index in [-0.39, 0.29) is 11.8 Å². The van der Waals surface area contributed by atoms with Crippen molar-refractivity contribution in [3.8, 4) is 11.5 Å². The molecule has 0 fully saturated rings. The lowest BCUT2D eigenvalue weighted by Crippen LogP contribution is -2.05. The van der Waals surface area contributed by atoms with E-state index in [0.717, 1.165) is 0 Å². The fourth-order valence-electron chi connectivity index (χ4n) is 1.18. The summed E-state index contributed by atoms with van der Waals surface area (Å²) < 4.78 is 5.22. The van der Waals surface area contributed by atoms with Gasteiger partial charge < -0.3 is 15.6 Å². The number of aromatic hydroxyl groups is 1. The Morgan fingerprint density at radius 1 is 1.54 bits per heavy atom. The molecule has 1 aromatic carbocycles. The number of hydrogen-bond donors (Lipinski definition) is 2. The van der Waals surface area contributed by atoms with Crippen molar-refractivity contribution in [1.29, 1.82) is 0 Å². The highest BCUT2D eigenvalue weighted by atomic mass is 16.5. The van der Waals surface area contributed by atoms with Crippen LogP contribution in [0.15, 0.2) is 18.2 Å². The van der Waals surface area contributed by atoms with Crippen molar-refractivity contribution in [2.24, 2.45) is 5.73 Å². The summed E-state index contributed by atoms with van der Waals surface area (Å²) in [6.07, 6.45) is 0. The number of hydrogen-bond acceptors (Lipinski definition) is 3. The number of phenols is 1. The quantitative estimate of drug-likeness (QED) is 0.747. The van der Waals surface area contributed by atoms with Crippen molar-refractivity contribution >= 4 is 0 Å². The monoisotopic (exact) mass is 181 g/mol. The van der Waals surface area contributed by atoms with E-state index in [2.05, 4.69) is 0 Å². The summed E-state index contributed by atoms with van der Waals surface area (Å²) in [4.78, 5) is 0. The largest absolute Gasteiger partial charge is 0.504 e. The van der Waals surface area contributed by atoms with Crippen LogP contribution in [0.3, 0.4) is 0 Å². The fraction of sp³-hybridized carbons (Fsp3) is 0.400. The van der Waals surface area contributed by atoms with Crippen LogP contribution in [0, 0.1) is 0 Å². The van der Waals surface area contributed by atoms with Gasteiger partial charge in [0, 0.05) is 11.6 Å². The average Bonchev–Trinajstić information content (AvgIpc) is 2.08. The SMILES string of the molecule is CCOc1cccc([C@@H](C)N)c1O. The Morgan fingerprint density at radius 2 is 2.23 bits per heavy atom. The zero-order valence-electron chi connectivity index (χ0n) is 7.95. The topological polar surface area (TPSA) is 55.5 Å². The van der Waals surface area contributed by atoms with Crippen LogP contribution in [0.4, 0.5) is 0 Å². The maximum Gasteiger partial charge on any atom is 0.162 e. The van der Waals surface area contributed by atoms with E-state index in [9.17, 15) is 5.11 Å². The molecule has 3 heteroatoms. The summed E-state index contributed by atoms with van der Waals surface area (Å²) in [6.45, 7) is 4.23. The first kappa shape index (κ1) is 9.86. The molecule has 0 spiro atoms. The van der Waals surface area contributed by atoms with Crippen LogP contribution in [0.1, 0.15) is 25.5 Å². The van der Waals surface area contributed by atoms with E-state index in [1.807, 2.05) is 19.9 Å². The molecular formula is C10H15NO2. The van der Waals surface area contributed by atoms with Crippen LogP contribution in [0.25, 0.3) is 0 Å². The summed E-state index contributed by atoms with van der Waals surface area (Å²) in [5, 5.41) is 9.69. The Morgan fingerprint density at radius 3 is 2.77 bits per heavy atom. The van der Waals surface area contributed by atoms with Gasteiger partial charge >= 0.3 is 0 Å². The molecule has 3 nitrogen and oxygen atoms in total. The summed E-state index contributed by atoms with van der Waals surface area (Å²) in [5.41, 5.74) is 6.38. The minimum atomic E-state index is -0.180. The Kier molecular flexibility index (Phi) is 3.14. The molecule has 0 unspecified atom stereocenters. The lowest BCUT2D eigenvalue weighted by molar-refractivity contribution is 0.316. The molecule has 1 atom stereocenters. The number of rotatable bonds is 3. The van der Waals surface area contributed by atoms with Crippen LogP contribution >= 0.6 is 0 Å². The van der Waals surface area contributed by atoms with Crippen molar-refractivity contribution in [2.75, 3.05) is 6.61 Å². The molecular weight excluding hydrogens is 166 g/mol. The molecule has 0 aliphatic rings. The van der Waals surface area contributed by atoms with Crippen molar-refractivity contribution < 1.29 is 9.84 Å². The summed E-state index contributed by atoms with van der Waals surface area (Å²) in [6, 6.07) is 5.16. The molecule has 0 aliphatic heterocycles. The maximum atomic E-state index is 9.69. The van der Waals surface area contributed by atoms with Crippen LogP contribution in [-0.4, -0.2) is 11.7 Å². The molecule has 0 aliphatic carbocycles. The van der Waals surface area contributed by atoms with Crippen molar-refractivity contribution in [2.45, 2.75) is 19.9 Å². The number of phenolic OH excluding ortho intramolecular Hbond substituents is 1. The first-order chi connectivity index (χ1) is 6.16. The molecule has 0 aromatic heterocycles. The van der Waals surface area contributed by atoms with Gasteiger partial charge in [0.1, 0.15) is 0 Å². The molecule has 1 aromatic rings. The molecule has 0 saturated carbocycles. The number of ether oxygens (including phenoxy) is 1. The smallest absolute Gasteiger partial charge is 0.162 e. The van der Waals surface area contributed by atoms with E-state index in [4.69, 9.17) is 10.5 Å². The molecule has 0 bridgehead atoms. The molecule has 0 radical (unpaired) electrons. The Balaban J connectivity index is 3.03. The molecule has 0 saturated heterocycles. The predicted molar refractivity (Wildman–Crippen MR) is 51.9 cm³/mol. The number of nitrogens with two attached hydrogens (primary N) is 1. The average molecular weight is 181 g/mol. The third-order valence-corrected chi connectivity index (χ3v) is 1.82. The second-order valence-corrected chi connectivity index (χ2v) is 2.92. The van der Waals surface area contributed by atoms with Gasteiger partial charge in [0.25, 0.3) is 0 Å². The number of benzene rings is 1. The van der Waals surface area contributed by atoms with Crippen LogP contribution in [0.5, 0.6) is 11.5 Å². The zero-order valence-corrected chi connectivity index (χ0v) is 7.95. The van der Waals surface area contributed by atoms with Gasteiger partial charge in [-0.3, -0.25) is 0 Å². The van der Waals surface area contributed by atoms with Gasteiger partial charge in [0.2, 0.25) is 0 Å². The third kappa shape index (κ3) is 2.12. The molecule has 0 heterocycles. The molecule has 3 N–H and O–H groups in total. The number of para-hydroxylation sites is 1. The molecule has 72 valence electrons. The second-order valence-electron chi connectivity index (χ2n) is 2.92. The van der Waals surface area contributed by atoms with Gasteiger partial charge in [-0.2, -0.15) is 0 Å². The lowest BCUT2D eigenvalue weighted by Gasteiger charge is -2.11.